The van der Waals surface area contributed by atoms with E-state index in [9.17, 15) is 19.1 Å². The molecule has 0 fully saturated rings. The van der Waals surface area contributed by atoms with Gasteiger partial charge in [0.15, 0.2) is 11.5 Å². The number of hydrogen-bond donors (Lipinski definition) is 1. The van der Waals surface area contributed by atoms with Gasteiger partial charge in [-0.2, -0.15) is 0 Å². The van der Waals surface area contributed by atoms with Crippen molar-refractivity contribution in [3.63, 3.8) is 0 Å². The number of carbonyl (C=O) groups excluding carboxylic acids is 2. The number of carbonyl (C=O) groups is 2. The van der Waals surface area contributed by atoms with Crippen LogP contribution < -0.4 is 9.47 Å². The van der Waals surface area contributed by atoms with Crippen molar-refractivity contribution in [3.8, 4) is 11.5 Å². The Bertz CT molecular complexity index is 1550. The van der Waals surface area contributed by atoms with E-state index in [1.807, 2.05) is 6.07 Å². The van der Waals surface area contributed by atoms with Crippen LogP contribution in [0.25, 0.3) is 6.08 Å². The van der Waals surface area contributed by atoms with E-state index in [-0.39, 0.29) is 35.4 Å². The average molecular weight is 627 g/mol. The Hall–Kier alpha value is -3.89. The first-order chi connectivity index (χ1) is 19.2. The summed E-state index contributed by atoms with van der Waals surface area (Å²) in [6, 6.07) is 16.4. The number of methoxy groups -OCH3 is 1. The maximum atomic E-state index is 13.2. The third-order valence-corrected chi connectivity index (χ3v) is 7.40. The summed E-state index contributed by atoms with van der Waals surface area (Å²) in [5.74, 6) is -1.15. The van der Waals surface area contributed by atoms with Crippen LogP contribution in [0.4, 0.5) is 4.39 Å². The van der Waals surface area contributed by atoms with Gasteiger partial charge in [0.25, 0.3) is 5.91 Å². The first-order valence-electron chi connectivity index (χ1n) is 12.2. The molecule has 0 spiro atoms. The van der Waals surface area contributed by atoms with Gasteiger partial charge in [0, 0.05) is 5.56 Å². The second-order valence-corrected chi connectivity index (χ2v) is 10.4. The quantitative estimate of drug-likeness (QED) is 0.265. The van der Waals surface area contributed by atoms with Gasteiger partial charge in [-0.05, 0) is 82.9 Å². The molecule has 1 aliphatic rings. The molecule has 0 aromatic heterocycles. The molecule has 0 saturated carbocycles. The van der Waals surface area contributed by atoms with E-state index in [0.717, 1.165) is 22.9 Å². The molecule has 40 heavy (non-hydrogen) atoms. The number of aliphatic hydroxyl groups is 1. The lowest BCUT2D eigenvalue weighted by Gasteiger charge is -2.14. The lowest BCUT2D eigenvalue weighted by atomic mass is 10.1. The zero-order chi connectivity index (χ0) is 28.8. The second kappa shape index (κ2) is 13.0. The highest BCUT2D eigenvalue weighted by Crippen LogP contribution is 2.42. The minimum absolute atomic E-state index is 0.0423. The number of esters is 1. The number of amides is 1. The van der Waals surface area contributed by atoms with Crippen LogP contribution in [0.5, 0.6) is 11.5 Å². The molecule has 206 valence electrons. The topological polar surface area (TPSA) is 94.4 Å². The molecular weight excluding hydrogens is 601 g/mol. The third-order valence-electron chi connectivity index (χ3n) is 5.79. The van der Waals surface area contributed by atoms with Crippen molar-refractivity contribution in [2.75, 3.05) is 13.7 Å². The van der Waals surface area contributed by atoms with E-state index in [1.165, 1.54) is 19.2 Å². The van der Waals surface area contributed by atoms with Crippen molar-refractivity contribution >= 4 is 50.7 Å². The molecule has 7 nitrogen and oxygen atoms in total. The largest absolute Gasteiger partial charge is 0.506 e. The molecule has 0 radical (unpaired) electrons. The van der Waals surface area contributed by atoms with Gasteiger partial charge in [0.05, 0.1) is 23.1 Å². The fourth-order valence-electron chi connectivity index (χ4n) is 3.81. The number of aliphatic hydroxyl groups excluding tert-OH is 1. The van der Waals surface area contributed by atoms with Gasteiger partial charge in [0.1, 0.15) is 28.8 Å². The number of aliphatic imine (C=N–C) groups is 1. The molecule has 3 aromatic carbocycles. The van der Waals surface area contributed by atoms with Gasteiger partial charge in [-0.1, -0.05) is 42.1 Å². The highest BCUT2D eigenvalue weighted by Gasteiger charge is 2.34. The van der Waals surface area contributed by atoms with Crippen molar-refractivity contribution in [1.82, 2.24) is 0 Å². The van der Waals surface area contributed by atoms with Crippen molar-refractivity contribution in [2.45, 2.75) is 20.5 Å². The zero-order valence-electron chi connectivity index (χ0n) is 21.9. The monoisotopic (exact) mass is 625 g/mol. The summed E-state index contributed by atoms with van der Waals surface area (Å²) in [5.41, 5.74) is 2.34. The lowest BCUT2D eigenvalue weighted by molar-refractivity contribution is -0.138. The molecule has 1 heterocycles. The summed E-state index contributed by atoms with van der Waals surface area (Å²) in [6.07, 6.45) is 1.64. The number of benzene rings is 3. The van der Waals surface area contributed by atoms with Gasteiger partial charge < -0.3 is 19.3 Å². The number of hydrogen-bond acceptors (Lipinski definition) is 7. The SMILES string of the molecule is CCOC(=O)C1=C(O)/C(=C/c2cc(Br)c(OCc3ccc(F)cc3)c(OC)c2)SC1=NC(=O)c1ccccc1C. The maximum Gasteiger partial charge on any atom is 0.344 e. The summed E-state index contributed by atoms with van der Waals surface area (Å²) < 4.78 is 30.4. The summed E-state index contributed by atoms with van der Waals surface area (Å²) in [4.78, 5) is 30.1. The molecule has 0 saturated heterocycles. The summed E-state index contributed by atoms with van der Waals surface area (Å²) in [5, 5.41) is 11.0. The molecule has 1 aliphatic heterocycles. The summed E-state index contributed by atoms with van der Waals surface area (Å²) in [6.45, 7) is 3.71. The van der Waals surface area contributed by atoms with Crippen molar-refractivity contribution in [1.29, 1.82) is 0 Å². The van der Waals surface area contributed by atoms with Crippen LogP contribution in [0.15, 0.2) is 86.4 Å². The van der Waals surface area contributed by atoms with Gasteiger partial charge in [0.2, 0.25) is 0 Å². The minimum atomic E-state index is -0.782. The first-order valence-corrected chi connectivity index (χ1v) is 13.8. The first kappa shape index (κ1) is 29.1. The molecule has 0 aliphatic carbocycles. The number of aryl methyl sites for hydroxylation is 1. The fourth-order valence-corrected chi connectivity index (χ4v) is 5.39. The van der Waals surface area contributed by atoms with E-state index >= 15 is 0 Å². The molecule has 3 aromatic rings. The van der Waals surface area contributed by atoms with Crippen LogP contribution in [0.1, 0.15) is 34.0 Å². The van der Waals surface area contributed by atoms with Crippen LogP contribution in [0, 0.1) is 12.7 Å². The Morgan fingerprint density at radius 2 is 1.85 bits per heavy atom. The zero-order valence-corrected chi connectivity index (χ0v) is 24.3. The van der Waals surface area contributed by atoms with Crippen molar-refractivity contribution in [2.24, 2.45) is 4.99 Å². The van der Waals surface area contributed by atoms with Crippen LogP contribution >= 0.6 is 27.7 Å². The molecule has 0 atom stereocenters. The Balaban J connectivity index is 1.66. The lowest BCUT2D eigenvalue weighted by Crippen LogP contribution is -2.14. The number of nitrogens with zero attached hydrogens (tertiary/aromatic N) is 1. The standard InChI is InChI=1S/C30H25BrFNO6S/c1-4-38-30(36)25-26(34)24(40-29(25)33-28(35)21-8-6-5-7-17(21)2)15-19-13-22(31)27(23(14-19)37-3)39-16-18-9-11-20(32)12-10-18/h5-15,34H,4,16H2,1-3H3/b24-15-,33-29?. The fraction of sp³-hybridized carbons (Fsp3) is 0.167. The predicted octanol–water partition coefficient (Wildman–Crippen LogP) is 7.19. The summed E-state index contributed by atoms with van der Waals surface area (Å²) in [7, 11) is 1.49. The highest BCUT2D eigenvalue weighted by atomic mass is 79.9. The maximum absolute atomic E-state index is 13.2. The number of rotatable bonds is 8. The third kappa shape index (κ3) is 6.63. The Labute approximate surface area is 243 Å². The van der Waals surface area contributed by atoms with Crippen LogP contribution in [-0.2, 0) is 16.1 Å². The molecular formula is C30H25BrFNO6S. The summed E-state index contributed by atoms with van der Waals surface area (Å²) >= 11 is 4.49. The molecule has 0 bridgehead atoms. The number of ether oxygens (including phenoxy) is 3. The predicted molar refractivity (Wildman–Crippen MR) is 156 cm³/mol. The van der Waals surface area contributed by atoms with Gasteiger partial charge in [-0.25, -0.2) is 14.2 Å². The van der Waals surface area contributed by atoms with Crippen molar-refractivity contribution in [3.05, 3.63) is 109 Å². The van der Waals surface area contributed by atoms with E-state index in [0.29, 0.717) is 32.0 Å². The van der Waals surface area contributed by atoms with E-state index in [1.54, 1.807) is 62.4 Å². The van der Waals surface area contributed by atoms with Gasteiger partial charge >= 0.3 is 5.97 Å². The van der Waals surface area contributed by atoms with Gasteiger partial charge in [-0.3, -0.25) is 4.79 Å². The Morgan fingerprint density at radius 1 is 1.12 bits per heavy atom. The van der Waals surface area contributed by atoms with E-state index < -0.39 is 11.9 Å². The minimum Gasteiger partial charge on any atom is -0.506 e. The molecule has 4 rings (SSSR count). The van der Waals surface area contributed by atoms with E-state index in [2.05, 4.69) is 20.9 Å². The second-order valence-electron chi connectivity index (χ2n) is 8.54. The molecule has 1 N–H and O–H groups in total. The Morgan fingerprint density at radius 3 is 2.52 bits per heavy atom. The molecule has 0 unspecified atom stereocenters. The van der Waals surface area contributed by atoms with E-state index in [4.69, 9.17) is 14.2 Å². The smallest absolute Gasteiger partial charge is 0.344 e. The average Bonchev–Trinajstić information content (AvgIpc) is 3.22. The van der Waals surface area contributed by atoms with Crippen molar-refractivity contribution < 1.29 is 33.3 Å². The van der Waals surface area contributed by atoms with Crippen LogP contribution in [0.2, 0.25) is 0 Å². The highest BCUT2D eigenvalue weighted by molar-refractivity contribution is 9.10. The number of halogens is 2. The molecule has 10 heteroatoms. The van der Waals surface area contributed by atoms with Crippen LogP contribution in [-0.4, -0.2) is 35.7 Å². The number of thioether (sulfide) groups is 1. The Kier molecular flexibility index (Phi) is 9.44. The van der Waals surface area contributed by atoms with Gasteiger partial charge in [-0.15, -0.1) is 0 Å². The normalized spacial score (nSPS) is 15.0. The molecule has 1 amide bonds. The van der Waals surface area contributed by atoms with Crippen LogP contribution in [0.3, 0.4) is 0 Å².